The number of hydroxylamine groups is 1. The molecular formula is C10H16N2O4. The average Bonchev–Trinajstić information content (AvgIpc) is 2.61. The van der Waals surface area contributed by atoms with Gasteiger partial charge in [0.05, 0.1) is 6.61 Å². The number of hydrogen-bond acceptors (Lipinski definition) is 5. The molecule has 0 aliphatic rings. The van der Waals surface area contributed by atoms with Gasteiger partial charge in [0.2, 0.25) is 0 Å². The van der Waals surface area contributed by atoms with Crippen LogP contribution in [0.1, 0.15) is 19.6 Å². The SMILES string of the molecule is Cc1cc(OCC(=O)NOCC(C)C)no1. The van der Waals surface area contributed by atoms with Gasteiger partial charge in [-0.3, -0.25) is 9.63 Å². The second-order valence-corrected chi connectivity index (χ2v) is 3.79. The van der Waals surface area contributed by atoms with Gasteiger partial charge in [-0.15, -0.1) is 0 Å². The van der Waals surface area contributed by atoms with Crippen LogP contribution in [0, 0.1) is 12.8 Å². The smallest absolute Gasteiger partial charge is 0.281 e. The summed E-state index contributed by atoms with van der Waals surface area (Å²) in [7, 11) is 0. The van der Waals surface area contributed by atoms with Gasteiger partial charge in [-0.25, -0.2) is 5.48 Å². The summed E-state index contributed by atoms with van der Waals surface area (Å²) in [6.45, 7) is 6.03. The van der Waals surface area contributed by atoms with Gasteiger partial charge in [0.1, 0.15) is 5.76 Å². The van der Waals surface area contributed by atoms with Crippen molar-refractivity contribution in [2.45, 2.75) is 20.8 Å². The first-order valence-electron chi connectivity index (χ1n) is 5.04. The summed E-state index contributed by atoms with van der Waals surface area (Å²) in [5.74, 6) is 0.920. The average molecular weight is 228 g/mol. The topological polar surface area (TPSA) is 73.6 Å². The van der Waals surface area contributed by atoms with E-state index < -0.39 is 0 Å². The largest absolute Gasteiger partial charge is 0.465 e. The molecule has 0 aromatic carbocycles. The maximum Gasteiger partial charge on any atom is 0.281 e. The fraction of sp³-hybridized carbons (Fsp3) is 0.600. The Hall–Kier alpha value is -1.56. The number of carbonyl (C=O) groups is 1. The van der Waals surface area contributed by atoms with Crippen LogP contribution in [-0.2, 0) is 9.63 Å². The molecule has 6 heteroatoms. The number of hydrogen-bond donors (Lipinski definition) is 1. The first-order valence-corrected chi connectivity index (χ1v) is 5.04. The third-order valence-electron chi connectivity index (χ3n) is 1.56. The van der Waals surface area contributed by atoms with Crippen LogP contribution < -0.4 is 10.2 Å². The Labute approximate surface area is 93.8 Å². The molecule has 6 nitrogen and oxygen atoms in total. The van der Waals surface area contributed by atoms with Crippen molar-refractivity contribution in [3.8, 4) is 5.88 Å². The van der Waals surface area contributed by atoms with Crippen LogP contribution in [0.15, 0.2) is 10.6 Å². The summed E-state index contributed by atoms with van der Waals surface area (Å²) in [6.07, 6.45) is 0. The molecular weight excluding hydrogens is 212 g/mol. The highest BCUT2D eigenvalue weighted by Crippen LogP contribution is 2.09. The van der Waals surface area contributed by atoms with E-state index in [4.69, 9.17) is 14.1 Å². The molecule has 0 atom stereocenters. The van der Waals surface area contributed by atoms with E-state index in [9.17, 15) is 4.79 Å². The van der Waals surface area contributed by atoms with Crippen LogP contribution in [-0.4, -0.2) is 24.3 Å². The van der Waals surface area contributed by atoms with E-state index in [1.165, 1.54) is 0 Å². The van der Waals surface area contributed by atoms with Crippen LogP contribution in [0.2, 0.25) is 0 Å². The molecule has 0 aliphatic heterocycles. The second kappa shape index (κ2) is 6.12. The van der Waals surface area contributed by atoms with Gasteiger partial charge in [0.25, 0.3) is 11.8 Å². The van der Waals surface area contributed by atoms with E-state index in [-0.39, 0.29) is 18.4 Å². The molecule has 1 aromatic heterocycles. The van der Waals surface area contributed by atoms with Crippen LogP contribution in [0.3, 0.4) is 0 Å². The lowest BCUT2D eigenvalue weighted by Crippen LogP contribution is -2.30. The van der Waals surface area contributed by atoms with Crippen molar-refractivity contribution < 1.29 is 18.9 Å². The predicted molar refractivity (Wildman–Crippen MR) is 55.7 cm³/mol. The Morgan fingerprint density at radius 3 is 2.94 bits per heavy atom. The Bertz CT molecular complexity index is 335. The van der Waals surface area contributed by atoms with E-state index in [0.717, 1.165) is 0 Å². The zero-order valence-corrected chi connectivity index (χ0v) is 9.65. The Morgan fingerprint density at radius 2 is 2.38 bits per heavy atom. The third kappa shape index (κ3) is 4.79. The van der Waals surface area contributed by atoms with Crippen molar-refractivity contribution in [1.82, 2.24) is 10.6 Å². The Balaban J connectivity index is 2.15. The summed E-state index contributed by atoms with van der Waals surface area (Å²) < 4.78 is 9.82. The van der Waals surface area contributed by atoms with Gasteiger partial charge < -0.3 is 9.26 Å². The molecule has 16 heavy (non-hydrogen) atoms. The van der Waals surface area contributed by atoms with Crippen molar-refractivity contribution in [3.63, 3.8) is 0 Å². The van der Waals surface area contributed by atoms with Gasteiger partial charge in [-0.2, -0.15) is 0 Å². The quantitative estimate of drug-likeness (QED) is 0.737. The fourth-order valence-corrected chi connectivity index (χ4v) is 0.869. The van der Waals surface area contributed by atoms with E-state index in [0.29, 0.717) is 18.3 Å². The molecule has 0 aliphatic carbocycles. The molecule has 0 radical (unpaired) electrons. The lowest BCUT2D eigenvalue weighted by Gasteiger charge is -2.07. The summed E-state index contributed by atoms with van der Waals surface area (Å²) in [4.78, 5) is 16.1. The highest BCUT2D eigenvalue weighted by atomic mass is 16.7. The molecule has 90 valence electrons. The molecule has 1 N–H and O–H groups in total. The first kappa shape index (κ1) is 12.5. The van der Waals surface area contributed by atoms with Crippen molar-refractivity contribution in [3.05, 3.63) is 11.8 Å². The zero-order valence-electron chi connectivity index (χ0n) is 9.65. The second-order valence-electron chi connectivity index (χ2n) is 3.79. The van der Waals surface area contributed by atoms with Gasteiger partial charge >= 0.3 is 0 Å². The van der Waals surface area contributed by atoms with Gasteiger partial charge in [0.15, 0.2) is 6.61 Å². The minimum atomic E-state index is -0.360. The summed E-state index contributed by atoms with van der Waals surface area (Å²) in [6, 6.07) is 1.60. The number of ether oxygens (including phenoxy) is 1. The molecule has 1 rings (SSSR count). The predicted octanol–water partition coefficient (Wildman–Crippen LogP) is 1.07. The molecule has 1 heterocycles. The first-order chi connectivity index (χ1) is 7.58. The van der Waals surface area contributed by atoms with Gasteiger partial charge in [-0.05, 0) is 18.0 Å². The zero-order chi connectivity index (χ0) is 12.0. The normalized spacial score (nSPS) is 10.5. The molecule has 0 saturated heterocycles. The molecule has 0 unspecified atom stereocenters. The molecule has 0 saturated carbocycles. The number of nitrogens with zero attached hydrogens (tertiary/aromatic N) is 1. The summed E-state index contributed by atoms with van der Waals surface area (Å²) in [5.41, 5.74) is 2.27. The molecule has 1 amide bonds. The summed E-state index contributed by atoms with van der Waals surface area (Å²) in [5, 5.41) is 3.58. The minimum absolute atomic E-state index is 0.149. The van der Waals surface area contributed by atoms with Crippen molar-refractivity contribution >= 4 is 5.91 Å². The lowest BCUT2D eigenvalue weighted by atomic mass is 10.2. The number of amides is 1. The summed E-state index contributed by atoms with van der Waals surface area (Å²) >= 11 is 0. The van der Waals surface area contributed by atoms with Crippen LogP contribution >= 0.6 is 0 Å². The number of aryl methyl sites for hydroxylation is 1. The highest BCUT2D eigenvalue weighted by molar-refractivity contribution is 5.76. The van der Waals surface area contributed by atoms with E-state index >= 15 is 0 Å². The number of carbonyl (C=O) groups excluding carboxylic acids is 1. The number of rotatable bonds is 6. The Morgan fingerprint density at radius 1 is 1.62 bits per heavy atom. The van der Waals surface area contributed by atoms with Gasteiger partial charge in [0, 0.05) is 6.07 Å². The monoisotopic (exact) mass is 228 g/mol. The minimum Gasteiger partial charge on any atom is -0.465 e. The van der Waals surface area contributed by atoms with Crippen LogP contribution in [0.5, 0.6) is 5.88 Å². The Kier molecular flexibility index (Phi) is 4.78. The molecule has 0 fully saturated rings. The maximum atomic E-state index is 11.2. The van der Waals surface area contributed by atoms with Crippen molar-refractivity contribution in [1.29, 1.82) is 0 Å². The standard InChI is InChI=1S/C10H16N2O4/c1-7(2)5-15-11-9(13)6-14-10-4-8(3)16-12-10/h4,7H,5-6H2,1-3H3,(H,11,13). The fourth-order valence-electron chi connectivity index (χ4n) is 0.869. The number of aromatic nitrogens is 1. The highest BCUT2D eigenvalue weighted by Gasteiger charge is 2.06. The van der Waals surface area contributed by atoms with Crippen molar-refractivity contribution in [2.75, 3.05) is 13.2 Å². The maximum absolute atomic E-state index is 11.2. The van der Waals surface area contributed by atoms with Crippen LogP contribution in [0.25, 0.3) is 0 Å². The van der Waals surface area contributed by atoms with E-state index in [1.54, 1.807) is 13.0 Å². The van der Waals surface area contributed by atoms with Crippen LogP contribution in [0.4, 0.5) is 0 Å². The molecule has 0 bridgehead atoms. The lowest BCUT2D eigenvalue weighted by molar-refractivity contribution is -0.136. The molecule has 0 spiro atoms. The van der Waals surface area contributed by atoms with E-state index in [2.05, 4.69) is 10.6 Å². The van der Waals surface area contributed by atoms with Crippen molar-refractivity contribution in [2.24, 2.45) is 5.92 Å². The van der Waals surface area contributed by atoms with E-state index in [1.807, 2.05) is 13.8 Å². The third-order valence-corrected chi connectivity index (χ3v) is 1.56. The van der Waals surface area contributed by atoms with Gasteiger partial charge in [-0.1, -0.05) is 13.8 Å². The molecule has 1 aromatic rings. The number of nitrogens with one attached hydrogen (secondary N) is 1.